The molecule has 1 rings (SSSR count). The second-order valence-electron chi connectivity index (χ2n) is 9.91. The maximum absolute atomic E-state index is 12.7. The first-order valence-corrected chi connectivity index (χ1v) is 14.8. The van der Waals surface area contributed by atoms with Crippen LogP contribution in [0.5, 0.6) is 0 Å². The van der Waals surface area contributed by atoms with Crippen molar-refractivity contribution < 1.29 is 19.1 Å². The van der Waals surface area contributed by atoms with Gasteiger partial charge in [-0.15, -0.1) is 0 Å². The molecule has 0 fully saturated rings. The maximum Gasteiger partial charge on any atom is 0.328 e. The van der Waals surface area contributed by atoms with E-state index in [0.29, 0.717) is 25.9 Å². The summed E-state index contributed by atoms with van der Waals surface area (Å²) < 4.78 is 5.43. The Morgan fingerprint density at radius 3 is 2.16 bits per heavy atom. The summed E-state index contributed by atoms with van der Waals surface area (Å²) in [5.41, 5.74) is 1.02. The highest BCUT2D eigenvalue weighted by Gasteiger charge is 2.23. The zero-order chi connectivity index (χ0) is 27.7. The third kappa shape index (κ3) is 18.5. The van der Waals surface area contributed by atoms with E-state index in [2.05, 4.69) is 29.5 Å². The normalized spacial score (nSPS) is 11.8. The lowest BCUT2D eigenvalue weighted by Gasteiger charge is -2.18. The fraction of sp³-hybridized carbons (Fsp3) is 0.677. The van der Waals surface area contributed by atoms with E-state index in [-0.39, 0.29) is 31.3 Å². The second-order valence-corrected chi connectivity index (χ2v) is 9.91. The van der Waals surface area contributed by atoms with Crippen LogP contribution in [-0.2, 0) is 19.1 Å². The van der Waals surface area contributed by atoms with E-state index in [1.165, 1.54) is 38.5 Å². The molecule has 214 valence electrons. The summed E-state index contributed by atoms with van der Waals surface area (Å²) in [6.07, 6.45) is 15.7. The number of carbonyl (C=O) groups excluding carboxylic acids is 3. The van der Waals surface area contributed by atoms with Crippen molar-refractivity contribution >= 4 is 24.0 Å². The van der Waals surface area contributed by atoms with E-state index in [1.807, 2.05) is 30.3 Å². The third-order valence-electron chi connectivity index (χ3n) is 6.36. The van der Waals surface area contributed by atoms with E-state index in [1.54, 1.807) is 6.21 Å². The van der Waals surface area contributed by atoms with Gasteiger partial charge in [0.25, 0.3) is 0 Å². The van der Waals surface area contributed by atoms with Gasteiger partial charge in [0.05, 0.1) is 6.61 Å². The van der Waals surface area contributed by atoms with Gasteiger partial charge in [-0.3, -0.25) is 14.6 Å². The van der Waals surface area contributed by atoms with Crippen LogP contribution >= 0.6 is 0 Å². The summed E-state index contributed by atoms with van der Waals surface area (Å²) in [4.78, 5) is 41.8. The average Bonchev–Trinajstić information content (AvgIpc) is 2.92. The van der Waals surface area contributed by atoms with Gasteiger partial charge in [0.15, 0.2) is 0 Å². The predicted octanol–water partition coefficient (Wildman–Crippen LogP) is 6.14. The Hall–Kier alpha value is -2.70. The van der Waals surface area contributed by atoms with Crippen LogP contribution in [-0.4, -0.2) is 49.7 Å². The number of unbranched alkanes of at least 4 members (excludes halogenated alkanes) is 9. The van der Waals surface area contributed by atoms with Crippen molar-refractivity contribution in [3.8, 4) is 0 Å². The van der Waals surface area contributed by atoms with Crippen LogP contribution in [0.4, 0.5) is 0 Å². The molecule has 1 aromatic rings. The van der Waals surface area contributed by atoms with E-state index >= 15 is 0 Å². The van der Waals surface area contributed by atoms with Crippen molar-refractivity contribution in [2.75, 3.05) is 19.7 Å². The number of rotatable bonds is 23. The minimum absolute atomic E-state index is 0.111. The van der Waals surface area contributed by atoms with Crippen LogP contribution in [0.3, 0.4) is 0 Å². The maximum atomic E-state index is 12.7. The molecule has 1 atom stereocenters. The van der Waals surface area contributed by atoms with Crippen LogP contribution in [0, 0.1) is 0 Å². The minimum atomic E-state index is -0.814. The number of nitrogens with zero attached hydrogens (tertiary/aromatic N) is 1. The lowest BCUT2D eigenvalue weighted by atomic mass is 10.1. The number of hydrogen-bond donors (Lipinski definition) is 2. The van der Waals surface area contributed by atoms with Crippen LogP contribution in [0.25, 0.3) is 0 Å². The molecule has 2 amide bonds. The van der Waals surface area contributed by atoms with Gasteiger partial charge < -0.3 is 15.4 Å². The summed E-state index contributed by atoms with van der Waals surface area (Å²) in [7, 11) is 0. The average molecular weight is 530 g/mol. The summed E-state index contributed by atoms with van der Waals surface area (Å²) in [6.45, 7) is 5.67. The molecule has 0 saturated carbocycles. The van der Waals surface area contributed by atoms with E-state index in [0.717, 1.165) is 37.7 Å². The van der Waals surface area contributed by atoms with Crippen molar-refractivity contribution in [3.63, 3.8) is 0 Å². The highest BCUT2D eigenvalue weighted by Crippen LogP contribution is 2.11. The fourth-order valence-electron chi connectivity index (χ4n) is 4.02. The lowest BCUT2D eigenvalue weighted by molar-refractivity contribution is -0.148. The molecule has 0 aromatic heterocycles. The van der Waals surface area contributed by atoms with Crippen molar-refractivity contribution in [3.05, 3.63) is 35.9 Å². The quantitative estimate of drug-likeness (QED) is 0.101. The Bertz CT molecular complexity index is 783. The number of amides is 2. The van der Waals surface area contributed by atoms with Crippen LogP contribution in [0.15, 0.2) is 35.3 Å². The highest BCUT2D eigenvalue weighted by atomic mass is 16.5. The number of nitrogens with one attached hydrogen (secondary N) is 2. The molecule has 0 radical (unpaired) electrons. The Morgan fingerprint density at radius 2 is 1.47 bits per heavy atom. The third-order valence-corrected chi connectivity index (χ3v) is 6.36. The lowest BCUT2D eigenvalue weighted by Crippen LogP contribution is -2.42. The molecule has 0 spiro atoms. The molecule has 0 aliphatic carbocycles. The molecule has 7 heteroatoms. The summed E-state index contributed by atoms with van der Waals surface area (Å²) in [6, 6.07) is 9.00. The number of hydrogen-bond acceptors (Lipinski definition) is 5. The molecule has 0 aliphatic rings. The minimum Gasteiger partial charge on any atom is -0.464 e. The predicted molar refractivity (Wildman–Crippen MR) is 155 cm³/mol. The summed E-state index contributed by atoms with van der Waals surface area (Å²) in [5.74, 6) is -0.757. The van der Waals surface area contributed by atoms with Crippen LogP contribution < -0.4 is 10.6 Å². The van der Waals surface area contributed by atoms with Crippen LogP contribution in [0.2, 0.25) is 0 Å². The Kier molecular flexibility index (Phi) is 20.5. The first-order chi connectivity index (χ1) is 18.6. The molecule has 0 saturated heterocycles. The molecule has 0 bridgehead atoms. The number of aliphatic imine (C=N–C) groups is 1. The zero-order valence-corrected chi connectivity index (χ0v) is 23.8. The first kappa shape index (κ1) is 33.3. The molecule has 0 heterocycles. The molecule has 2 N–H and O–H groups in total. The Morgan fingerprint density at radius 1 is 0.816 bits per heavy atom. The van der Waals surface area contributed by atoms with Gasteiger partial charge >= 0.3 is 5.97 Å². The van der Waals surface area contributed by atoms with Gasteiger partial charge in [0.1, 0.15) is 6.04 Å². The van der Waals surface area contributed by atoms with Gasteiger partial charge in [-0.25, -0.2) is 4.79 Å². The van der Waals surface area contributed by atoms with Gasteiger partial charge in [-0.05, 0) is 24.8 Å². The van der Waals surface area contributed by atoms with Crippen LogP contribution in [0.1, 0.15) is 116 Å². The standard InChI is InChI=1S/C31H51N3O4/c1-3-5-7-8-9-10-11-12-16-20-30(36)34-28(21-22-29(35)33-24-6-4-2)31(37)38-25-17-23-32-26-27-18-14-13-15-19-27/h13-15,18-19,26,28H,3-12,16-17,20-25H2,1-2H3,(H,33,35)(H,34,36)/t28-/m0/s1. The van der Waals surface area contributed by atoms with Crippen molar-refractivity contribution in [1.82, 2.24) is 10.6 Å². The monoisotopic (exact) mass is 529 g/mol. The fourth-order valence-corrected chi connectivity index (χ4v) is 4.02. The molecule has 0 unspecified atom stereocenters. The smallest absolute Gasteiger partial charge is 0.328 e. The number of ether oxygens (including phenoxy) is 1. The Labute approximate surface area is 230 Å². The largest absolute Gasteiger partial charge is 0.464 e. The van der Waals surface area contributed by atoms with Gasteiger partial charge in [0, 0.05) is 38.6 Å². The van der Waals surface area contributed by atoms with E-state index in [9.17, 15) is 14.4 Å². The van der Waals surface area contributed by atoms with E-state index in [4.69, 9.17) is 4.74 Å². The van der Waals surface area contributed by atoms with Gasteiger partial charge in [-0.2, -0.15) is 0 Å². The molecule has 0 aliphatic heterocycles. The van der Waals surface area contributed by atoms with Crippen molar-refractivity contribution in [2.45, 2.75) is 116 Å². The molecule has 38 heavy (non-hydrogen) atoms. The molecule has 7 nitrogen and oxygen atoms in total. The Balaban J connectivity index is 2.38. The highest BCUT2D eigenvalue weighted by molar-refractivity contribution is 5.85. The molecular weight excluding hydrogens is 478 g/mol. The van der Waals surface area contributed by atoms with E-state index < -0.39 is 12.0 Å². The number of carbonyl (C=O) groups is 3. The topological polar surface area (TPSA) is 96.9 Å². The first-order valence-electron chi connectivity index (χ1n) is 14.8. The van der Waals surface area contributed by atoms with Gasteiger partial charge in [-0.1, -0.05) is 102 Å². The number of esters is 1. The van der Waals surface area contributed by atoms with Crippen molar-refractivity contribution in [2.24, 2.45) is 4.99 Å². The number of benzene rings is 1. The summed E-state index contributed by atoms with van der Waals surface area (Å²) >= 11 is 0. The molecule has 1 aromatic carbocycles. The SMILES string of the molecule is CCCCCCCCCCCC(=O)N[C@@H](CCC(=O)NCCCC)C(=O)OCCCN=Cc1ccccc1. The van der Waals surface area contributed by atoms with Gasteiger partial charge in [0.2, 0.25) is 11.8 Å². The van der Waals surface area contributed by atoms with Crippen molar-refractivity contribution in [1.29, 1.82) is 0 Å². The molecular formula is C31H51N3O4. The zero-order valence-electron chi connectivity index (χ0n) is 23.8. The summed E-state index contributed by atoms with van der Waals surface area (Å²) in [5, 5.41) is 5.68. The second kappa shape index (κ2) is 23.4.